The highest BCUT2D eigenvalue weighted by molar-refractivity contribution is 7.87. The fraction of sp³-hybridized carbons (Fsp3) is 0.885. The minimum atomic E-state index is -5.63. The van der Waals surface area contributed by atoms with Crippen LogP contribution in [-0.2, 0) is 28.6 Å². The maximum Gasteiger partial charge on any atom is 0.523 e. The Labute approximate surface area is 215 Å². The van der Waals surface area contributed by atoms with Gasteiger partial charge in [0.05, 0.1) is 18.8 Å². The summed E-state index contributed by atoms with van der Waals surface area (Å²) in [6.07, 6.45) is 21.2. The number of carbonyl (C=O) groups excluding carboxylic acids is 1. The monoisotopic (exact) mass is 542 g/mol. The minimum Gasteiger partial charge on any atom is -0.463 e. The zero-order valence-corrected chi connectivity index (χ0v) is 22.6. The van der Waals surface area contributed by atoms with Crippen LogP contribution >= 0.6 is 0 Å². The molecular formula is C26H45F3O6S. The zero-order chi connectivity index (χ0) is 26.7. The van der Waals surface area contributed by atoms with E-state index in [1.54, 1.807) is 0 Å². The van der Waals surface area contributed by atoms with Crippen LogP contribution in [0.1, 0.15) is 116 Å². The molecule has 0 aromatic rings. The molecule has 0 N–H and O–H groups in total. The van der Waals surface area contributed by atoms with E-state index in [1.807, 2.05) is 0 Å². The van der Waals surface area contributed by atoms with Gasteiger partial charge in [-0.3, -0.25) is 8.98 Å². The Bertz CT molecular complexity index is 709. The molecule has 0 saturated carbocycles. The highest BCUT2D eigenvalue weighted by Gasteiger charge is 2.47. The first-order valence-corrected chi connectivity index (χ1v) is 15.0. The molecule has 0 amide bonds. The molecule has 2 atom stereocenters. The van der Waals surface area contributed by atoms with E-state index in [4.69, 9.17) is 9.47 Å². The maximum absolute atomic E-state index is 12.3. The van der Waals surface area contributed by atoms with Crippen LogP contribution in [0, 0.1) is 0 Å². The van der Waals surface area contributed by atoms with Crippen LogP contribution in [0.4, 0.5) is 13.2 Å². The van der Waals surface area contributed by atoms with Crippen LogP contribution in [0.5, 0.6) is 0 Å². The molecule has 10 heteroatoms. The third kappa shape index (κ3) is 15.9. The number of hydrogen-bond acceptors (Lipinski definition) is 6. The molecule has 0 aromatic heterocycles. The molecular weight excluding hydrogens is 497 g/mol. The number of carbonyl (C=O) groups is 1. The zero-order valence-electron chi connectivity index (χ0n) is 21.7. The smallest absolute Gasteiger partial charge is 0.463 e. The van der Waals surface area contributed by atoms with Crippen molar-refractivity contribution in [3.63, 3.8) is 0 Å². The average molecular weight is 543 g/mol. The second-order valence-corrected chi connectivity index (χ2v) is 11.1. The molecule has 0 aliphatic carbocycles. The topological polar surface area (TPSA) is 78.9 Å². The van der Waals surface area contributed by atoms with Gasteiger partial charge in [0.25, 0.3) is 0 Å². The summed E-state index contributed by atoms with van der Waals surface area (Å²) in [7, 11) is -5.63. The largest absolute Gasteiger partial charge is 0.523 e. The number of ether oxygens (including phenoxy) is 2. The van der Waals surface area contributed by atoms with Crippen LogP contribution in [-0.4, -0.2) is 45.3 Å². The first-order chi connectivity index (χ1) is 17.2. The fourth-order valence-electron chi connectivity index (χ4n) is 4.03. The number of unbranched alkanes of at least 4 members (excludes halogenated alkanes) is 12. The molecule has 0 radical (unpaired) electrons. The highest BCUT2D eigenvalue weighted by Crippen LogP contribution is 2.27. The summed E-state index contributed by atoms with van der Waals surface area (Å²) in [5.41, 5.74) is -5.45. The maximum atomic E-state index is 12.3. The molecule has 0 aromatic carbocycles. The average Bonchev–Trinajstić information content (AvgIpc) is 3.28. The van der Waals surface area contributed by atoms with Gasteiger partial charge < -0.3 is 9.47 Å². The van der Waals surface area contributed by atoms with Gasteiger partial charge in [0, 0.05) is 6.42 Å². The van der Waals surface area contributed by atoms with Crippen LogP contribution < -0.4 is 0 Å². The molecule has 1 aliphatic heterocycles. The van der Waals surface area contributed by atoms with Crippen molar-refractivity contribution in [1.82, 2.24) is 0 Å². The Kier molecular flexibility index (Phi) is 17.4. The van der Waals surface area contributed by atoms with Gasteiger partial charge in [-0.25, -0.2) is 0 Å². The SMILES string of the molecule is CCCCCCCCC/C=C\CCCCCCCC(=O)OC[C@@H]1CC[C@H](COS(=O)(=O)C(F)(F)F)O1. The van der Waals surface area contributed by atoms with E-state index in [9.17, 15) is 26.4 Å². The van der Waals surface area contributed by atoms with Crippen molar-refractivity contribution >= 4 is 16.1 Å². The highest BCUT2D eigenvalue weighted by atomic mass is 32.2. The van der Waals surface area contributed by atoms with E-state index in [1.165, 1.54) is 51.4 Å². The molecule has 1 fully saturated rings. The third-order valence-electron chi connectivity index (χ3n) is 6.21. The third-order valence-corrected chi connectivity index (χ3v) is 7.22. The predicted molar refractivity (Wildman–Crippen MR) is 134 cm³/mol. The molecule has 1 heterocycles. The number of esters is 1. The van der Waals surface area contributed by atoms with Gasteiger partial charge in [0.2, 0.25) is 0 Å². The number of alkyl halides is 3. The van der Waals surface area contributed by atoms with Gasteiger partial charge in [-0.15, -0.1) is 0 Å². The van der Waals surface area contributed by atoms with Crippen LogP contribution in [0.15, 0.2) is 12.2 Å². The van der Waals surface area contributed by atoms with Gasteiger partial charge in [0.15, 0.2) is 0 Å². The Morgan fingerprint density at radius 1 is 0.833 bits per heavy atom. The lowest BCUT2D eigenvalue weighted by Crippen LogP contribution is -2.29. The van der Waals surface area contributed by atoms with E-state index in [0.717, 1.165) is 38.5 Å². The molecule has 36 heavy (non-hydrogen) atoms. The van der Waals surface area contributed by atoms with E-state index < -0.39 is 34.4 Å². The van der Waals surface area contributed by atoms with Gasteiger partial charge in [0.1, 0.15) is 6.61 Å². The lowest BCUT2D eigenvalue weighted by atomic mass is 10.1. The number of rotatable bonds is 21. The second-order valence-electron chi connectivity index (χ2n) is 9.51. The molecule has 0 spiro atoms. The summed E-state index contributed by atoms with van der Waals surface area (Å²) >= 11 is 0. The van der Waals surface area contributed by atoms with Gasteiger partial charge >= 0.3 is 21.6 Å². The van der Waals surface area contributed by atoms with Gasteiger partial charge in [-0.1, -0.05) is 76.9 Å². The quantitative estimate of drug-likeness (QED) is 0.0495. The van der Waals surface area contributed by atoms with Crippen LogP contribution in [0.2, 0.25) is 0 Å². The molecule has 1 aliphatic rings. The lowest BCUT2D eigenvalue weighted by molar-refractivity contribution is -0.148. The minimum absolute atomic E-state index is 0.00649. The molecule has 1 rings (SSSR count). The molecule has 6 nitrogen and oxygen atoms in total. The number of allylic oxidation sites excluding steroid dienone is 2. The summed E-state index contributed by atoms with van der Waals surface area (Å²) in [6, 6.07) is 0. The molecule has 0 unspecified atom stereocenters. The molecule has 0 bridgehead atoms. The Morgan fingerprint density at radius 2 is 1.33 bits per heavy atom. The Morgan fingerprint density at radius 3 is 1.89 bits per heavy atom. The van der Waals surface area contributed by atoms with Crippen molar-refractivity contribution in [3.05, 3.63) is 12.2 Å². The fourth-order valence-corrected chi connectivity index (χ4v) is 4.50. The summed E-state index contributed by atoms with van der Waals surface area (Å²) in [6.45, 7) is 1.54. The van der Waals surface area contributed by atoms with Crippen molar-refractivity contribution in [2.45, 2.75) is 134 Å². The van der Waals surface area contributed by atoms with Crippen molar-refractivity contribution in [1.29, 1.82) is 0 Å². The van der Waals surface area contributed by atoms with Crippen molar-refractivity contribution in [2.75, 3.05) is 13.2 Å². The first-order valence-electron chi connectivity index (χ1n) is 13.6. The van der Waals surface area contributed by atoms with Crippen LogP contribution in [0.25, 0.3) is 0 Å². The normalized spacial score (nSPS) is 18.8. The first kappa shape index (κ1) is 32.9. The van der Waals surface area contributed by atoms with Crippen molar-refractivity contribution in [3.8, 4) is 0 Å². The molecule has 212 valence electrons. The van der Waals surface area contributed by atoms with Gasteiger partial charge in [-0.05, 0) is 44.9 Å². The Hall–Kier alpha value is -1.13. The van der Waals surface area contributed by atoms with E-state index >= 15 is 0 Å². The summed E-state index contributed by atoms with van der Waals surface area (Å²) in [5.74, 6) is -0.328. The number of hydrogen-bond donors (Lipinski definition) is 0. The van der Waals surface area contributed by atoms with Gasteiger partial charge in [-0.2, -0.15) is 21.6 Å². The Balaban J connectivity index is 1.93. The van der Waals surface area contributed by atoms with E-state index in [0.29, 0.717) is 19.3 Å². The predicted octanol–water partition coefficient (Wildman–Crippen LogP) is 7.37. The standard InChI is InChI=1S/C26H45F3O6S/c1-2-3-4-5-6-7-8-9-10-11-12-13-14-15-16-17-18-25(30)33-21-23-19-20-24(35-23)22-34-36(31,32)26(27,28)29/h10-11,23-24H,2-9,12-22H2,1H3/b11-10-/t23-,24+/m0/s1. The second kappa shape index (κ2) is 19.0. The summed E-state index contributed by atoms with van der Waals surface area (Å²) < 4.78 is 73.3. The summed E-state index contributed by atoms with van der Waals surface area (Å²) in [4.78, 5) is 11.9. The molecule has 1 saturated heterocycles. The van der Waals surface area contributed by atoms with Crippen molar-refractivity contribution < 1.29 is 40.0 Å². The summed E-state index contributed by atoms with van der Waals surface area (Å²) in [5, 5.41) is 0. The lowest BCUT2D eigenvalue weighted by Gasteiger charge is -2.15. The van der Waals surface area contributed by atoms with E-state index in [2.05, 4.69) is 23.3 Å². The number of halogens is 3. The van der Waals surface area contributed by atoms with Crippen molar-refractivity contribution in [2.24, 2.45) is 0 Å². The van der Waals surface area contributed by atoms with Crippen LogP contribution in [0.3, 0.4) is 0 Å². The van der Waals surface area contributed by atoms with E-state index in [-0.39, 0.29) is 12.6 Å².